The van der Waals surface area contributed by atoms with E-state index in [2.05, 4.69) is 10.5 Å². The van der Waals surface area contributed by atoms with Crippen molar-refractivity contribution in [3.63, 3.8) is 0 Å². The number of nitrogens with one attached hydrogen (secondary N) is 1. The van der Waals surface area contributed by atoms with Crippen LogP contribution in [0.5, 0.6) is 0 Å². The molecular weight excluding hydrogens is 479 g/mol. The summed E-state index contributed by atoms with van der Waals surface area (Å²) in [6.07, 6.45) is 2.57. The molecular formula is C28H25FN2O4S. The summed E-state index contributed by atoms with van der Waals surface area (Å²) in [4.78, 5) is 13.5. The van der Waals surface area contributed by atoms with Crippen LogP contribution in [-0.4, -0.2) is 25.5 Å². The van der Waals surface area contributed by atoms with E-state index in [0.717, 1.165) is 11.0 Å². The number of nitrogens with zero attached hydrogens (tertiary/aromatic N) is 1. The van der Waals surface area contributed by atoms with Crippen LogP contribution in [-0.2, 0) is 16.3 Å². The highest BCUT2D eigenvalue weighted by Gasteiger charge is 2.23. The molecule has 0 aliphatic heterocycles. The number of hydrogen-bond acceptors (Lipinski definition) is 5. The molecule has 1 atom stereocenters. The molecule has 1 heterocycles. The van der Waals surface area contributed by atoms with E-state index in [1.165, 1.54) is 42.5 Å². The molecule has 0 spiro atoms. The van der Waals surface area contributed by atoms with E-state index in [9.17, 15) is 17.6 Å². The Morgan fingerprint density at radius 3 is 2.31 bits per heavy atom. The monoisotopic (exact) mass is 504 g/mol. The maximum atomic E-state index is 13.4. The van der Waals surface area contributed by atoms with Gasteiger partial charge in [0.1, 0.15) is 22.8 Å². The molecule has 1 amide bonds. The number of carbonyl (C=O) groups is 1. The Labute approximate surface area is 209 Å². The maximum absolute atomic E-state index is 13.4. The van der Waals surface area contributed by atoms with E-state index >= 15 is 0 Å². The van der Waals surface area contributed by atoms with E-state index in [4.69, 9.17) is 4.52 Å². The molecule has 3 aromatic carbocycles. The molecule has 1 N–H and O–H groups in total. The number of aryl methyl sites for hydroxylation is 2. The number of halogens is 1. The van der Waals surface area contributed by atoms with Gasteiger partial charge >= 0.3 is 0 Å². The summed E-state index contributed by atoms with van der Waals surface area (Å²) in [5.41, 5.74) is 2.09. The molecule has 0 radical (unpaired) electrons. The first-order chi connectivity index (χ1) is 17.3. The lowest BCUT2D eigenvalue weighted by Gasteiger charge is -2.16. The quantitative estimate of drug-likeness (QED) is 0.325. The molecule has 184 valence electrons. The van der Waals surface area contributed by atoms with Crippen LogP contribution in [0.25, 0.3) is 11.3 Å². The standard InChI is InChI=1S/C28H25FN2O4S/c1-20-26(27(31-35-20)22-13-15-23(29)16-14-22)28(32)30-24(17-12-21-8-4-2-5-9-21)18-19-36(33,34)25-10-6-3-7-11-25/h2-11,13-16,18-19,24H,12,17H2,1H3,(H,30,32)/b19-18+/t24-/m0/s1. The summed E-state index contributed by atoms with van der Waals surface area (Å²) in [7, 11) is -3.69. The van der Waals surface area contributed by atoms with Crippen molar-refractivity contribution in [2.24, 2.45) is 0 Å². The number of amides is 1. The first kappa shape index (κ1) is 25.1. The molecule has 0 aliphatic carbocycles. The molecule has 4 aromatic rings. The minimum absolute atomic E-state index is 0.169. The fraction of sp³-hybridized carbons (Fsp3) is 0.143. The highest BCUT2D eigenvalue weighted by atomic mass is 32.2. The van der Waals surface area contributed by atoms with Crippen LogP contribution in [0.3, 0.4) is 0 Å². The Morgan fingerprint density at radius 2 is 1.64 bits per heavy atom. The minimum atomic E-state index is -3.69. The van der Waals surface area contributed by atoms with Gasteiger partial charge in [0, 0.05) is 17.0 Å². The van der Waals surface area contributed by atoms with Gasteiger partial charge in [-0.2, -0.15) is 0 Å². The fourth-order valence-corrected chi connectivity index (χ4v) is 4.85. The number of aromatic nitrogens is 1. The second-order valence-electron chi connectivity index (χ2n) is 8.26. The van der Waals surface area contributed by atoms with Crippen LogP contribution in [0.4, 0.5) is 4.39 Å². The predicted molar refractivity (Wildman–Crippen MR) is 135 cm³/mol. The predicted octanol–water partition coefficient (Wildman–Crippen LogP) is 5.51. The lowest BCUT2D eigenvalue weighted by molar-refractivity contribution is 0.0942. The van der Waals surface area contributed by atoms with Crippen molar-refractivity contribution in [2.45, 2.75) is 30.7 Å². The van der Waals surface area contributed by atoms with E-state index < -0.39 is 27.6 Å². The molecule has 36 heavy (non-hydrogen) atoms. The summed E-state index contributed by atoms with van der Waals surface area (Å²) in [5.74, 6) is -0.571. The Morgan fingerprint density at radius 1 is 1.00 bits per heavy atom. The molecule has 0 aliphatic rings. The number of hydrogen-bond donors (Lipinski definition) is 1. The van der Waals surface area contributed by atoms with Gasteiger partial charge in [0.2, 0.25) is 0 Å². The summed E-state index contributed by atoms with van der Waals surface area (Å²) in [6.45, 7) is 1.61. The Kier molecular flexibility index (Phi) is 7.75. The SMILES string of the molecule is Cc1onc(-c2ccc(F)cc2)c1C(=O)N[C@H](/C=C/S(=O)(=O)c1ccccc1)CCc1ccccc1. The van der Waals surface area contributed by atoms with Gasteiger partial charge in [-0.05, 0) is 61.7 Å². The normalized spacial score (nSPS) is 12.5. The van der Waals surface area contributed by atoms with E-state index in [1.807, 2.05) is 30.3 Å². The summed E-state index contributed by atoms with van der Waals surface area (Å²) >= 11 is 0. The number of carbonyl (C=O) groups excluding carboxylic acids is 1. The number of sulfone groups is 1. The molecule has 0 unspecified atom stereocenters. The molecule has 0 saturated carbocycles. The van der Waals surface area contributed by atoms with Gasteiger partial charge in [-0.25, -0.2) is 12.8 Å². The number of benzene rings is 3. The average Bonchev–Trinajstić information content (AvgIpc) is 3.28. The second-order valence-corrected chi connectivity index (χ2v) is 10.1. The van der Waals surface area contributed by atoms with Crippen molar-refractivity contribution in [1.82, 2.24) is 10.5 Å². The Balaban J connectivity index is 1.60. The van der Waals surface area contributed by atoms with Gasteiger partial charge in [-0.15, -0.1) is 0 Å². The van der Waals surface area contributed by atoms with Gasteiger partial charge in [-0.1, -0.05) is 59.8 Å². The van der Waals surface area contributed by atoms with E-state index in [-0.39, 0.29) is 16.2 Å². The van der Waals surface area contributed by atoms with Crippen LogP contribution < -0.4 is 5.32 Å². The van der Waals surface area contributed by atoms with Gasteiger partial charge in [0.15, 0.2) is 9.84 Å². The topological polar surface area (TPSA) is 89.3 Å². The molecule has 1 aromatic heterocycles. The summed E-state index contributed by atoms with van der Waals surface area (Å²) < 4.78 is 44.2. The lowest BCUT2D eigenvalue weighted by atomic mass is 10.0. The van der Waals surface area contributed by atoms with Crippen LogP contribution >= 0.6 is 0 Å². The van der Waals surface area contributed by atoms with Crippen LogP contribution in [0, 0.1) is 12.7 Å². The Bertz CT molecular complexity index is 1450. The van der Waals surface area contributed by atoms with Gasteiger partial charge in [-0.3, -0.25) is 4.79 Å². The second kappa shape index (κ2) is 11.1. The van der Waals surface area contributed by atoms with Crippen molar-refractivity contribution < 1.29 is 22.1 Å². The van der Waals surface area contributed by atoms with E-state index in [0.29, 0.717) is 24.2 Å². The average molecular weight is 505 g/mol. The maximum Gasteiger partial charge on any atom is 0.257 e. The van der Waals surface area contributed by atoms with Crippen molar-refractivity contribution >= 4 is 15.7 Å². The molecule has 6 nitrogen and oxygen atoms in total. The molecule has 0 saturated heterocycles. The largest absolute Gasteiger partial charge is 0.360 e. The first-order valence-corrected chi connectivity index (χ1v) is 12.9. The third kappa shape index (κ3) is 6.14. The minimum Gasteiger partial charge on any atom is -0.360 e. The fourth-order valence-electron chi connectivity index (χ4n) is 3.76. The zero-order valence-corrected chi connectivity index (χ0v) is 20.4. The zero-order chi connectivity index (χ0) is 25.5. The molecule has 0 fully saturated rings. The summed E-state index contributed by atoms with van der Waals surface area (Å²) in [5, 5.41) is 8.03. The first-order valence-electron chi connectivity index (χ1n) is 11.4. The molecule has 4 rings (SSSR count). The van der Waals surface area contributed by atoms with Crippen LogP contribution in [0.1, 0.15) is 28.1 Å². The number of rotatable bonds is 9. The van der Waals surface area contributed by atoms with Gasteiger partial charge < -0.3 is 9.84 Å². The van der Waals surface area contributed by atoms with Crippen molar-refractivity contribution in [3.8, 4) is 11.3 Å². The highest BCUT2D eigenvalue weighted by molar-refractivity contribution is 7.94. The van der Waals surface area contributed by atoms with Crippen molar-refractivity contribution in [3.05, 3.63) is 119 Å². The third-order valence-corrected chi connectivity index (χ3v) is 7.12. The lowest BCUT2D eigenvalue weighted by Crippen LogP contribution is -2.34. The van der Waals surface area contributed by atoms with Crippen LogP contribution in [0.15, 0.2) is 106 Å². The van der Waals surface area contributed by atoms with E-state index in [1.54, 1.807) is 25.1 Å². The third-order valence-electron chi connectivity index (χ3n) is 5.67. The highest BCUT2D eigenvalue weighted by Crippen LogP contribution is 2.26. The zero-order valence-electron chi connectivity index (χ0n) is 19.6. The van der Waals surface area contributed by atoms with Gasteiger partial charge in [0.05, 0.1) is 4.90 Å². The van der Waals surface area contributed by atoms with Crippen molar-refractivity contribution in [1.29, 1.82) is 0 Å². The van der Waals surface area contributed by atoms with Gasteiger partial charge in [0.25, 0.3) is 5.91 Å². The smallest absolute Gasteiger partial charge is 0.257 e. The van der Waals surface area contributed by atoms with Crippen molar-refractivity contribution in [2.75, 3.05) is 0 Å². The van der Waals surface area contributed by atoms with Crippen LogP contribution in [0.2, 0.25) is 0 Å². The molecule has 0 bridgehead atoms. The molecule has 8 heteroatoms. The Hall–Kier alpha value is -4.04. The summed E-state index contributed by atoms with van der Waals surface area (Å²) in [6, 6.07) is 22.8.